The number of carbonyl (C=O) groups excluding carboxylic acids is 2. The monoisotopic (exact) mass is 320 g/mol. The van der Waals surface area contributed by atoms with E-state index in [1.54, 1.807) is 0 Å². The maximum atomic E-state index is 12.1. The molecule has 0 fully saturated rings. The quantitative estimate of drug-likeness (QED) is 0.804. The average molecular weight is 320 g/mol. The molecule has 0 heterocycles. The van der Waals surface area contributed by atoms with Crippen molar-refractivity contribution in [1.82, 2.24) is 0 Å². The lowest BCUT2D eigenvalue weighted by Gasteiger charge is -2.13. The molecule has 0 aromatic heterocycles. The van der Waals surface area contributed by atoms with Crippen molar-refractivity contribution in [2.45, 2.75) is 20.3 Å². The number of ketones is 1. The summed E-state index contributed by atoms with van der Waals surface area (Å²) >= 11 is 0. The van der Waals surface area contributed by atoms with Gasteiger partial charge in [0.15, 0.2) is 5.78 Å². The second-order valence-corrected chi connectivity index (χ2v) is 5.57. The van der Waals surface area contributed by atoms with Crippen molar-refractivity contribution in [3.8, 4) is 12.3 Å². The highest BCUT2D eigenvalue weighted by atomic mass is 16.1. The molecule has 0 radical (unpaired) electrons. The van der Waals surface area contributed by atoms with Gasteiger partial charge in [0.2, 0.25) is 5.91 Å². The van der Waals surface area contributed by atoms with Crippen LogP contribution in [0, 0.1) is 19.3 Å². The molecule has 0 aliphatic rings. The van der Waals surface area contributed by atoms with E-state index in [-0.39, 0.29) is 18.2 Å². The molecule has 0 aliphatic carbocycles. The summed E-state index contributed by atoms with van der Waals surface area (Å²) in [7, 11) is 0. The third-order valence-corrected chi connectivity index (χ3v) is 3.64. The topological polar surface area (TPSA) is 58.2 Å². The summed E-state index contributed by atoms with van der Waals surface area (Å²) in [6.07, 6.45) is 5.67. The van der Waals surface area contributed by atoms with E-state index in [2.05, 4.69) is 16.6 Å². The van der Waals surface area contributed by atoms with E-state index in [0.717, 1.165) is 28.1 Å². The van der Waals surface area contributed by atoms with Crippen molar-refractivity contribution in [2.24, 2.45) is 0 Å². The molecule has 2 aromatic rings. The van der Waals surface area contributed by atoms with Crippen LogP contribution in [0.1, 0.15) is 23.6 Å². The molecular weight excluding hydrogens is 300 g/mol. The first kappa shape index (κ1) is 17.3. The number of hydrogen-bond donors (Lipinski definition) is 2. The molecule has 0 unspecified atom stereocenters. The predicted octanol–water partition coefficient (Wildman–Crippen LogP) is 3.16. The Morgan fingerprint density at radius 3 is 2.38 bits per heavy atom. The third kappa shape index (κ3) is 4.72. The minimum absolute atomic E-state index is 0.0767. The number of hydrogen-bond acceptors (Lipinski definition) is 3. The highest BCUT2D eigenvalue weighted by Gasteiger charge is 2.08. The highest BCUT2D eigenvalue weighted by molar-refractivity contribution is 5.91. The largest absolute Gasteiger partial charge is 0.378 e. The van der Waals surface area contributed by atoms with Crippen LogP contribution >= 0.6 is 0 Å². The van der Waals surface area contributed by atoms with Crippen molar-refractivity contribution < 1.29 is 9.59 Å². The molecule has 1 amide bonds. The molecule has 2 N–H and O–H groups in total. The van der Waals surface area contributed by atoms with Gasteiger partial charge in [-0.05, 0) is 42.3 Å². The first-order chi connectivity index (χ1) is 11.5. The second kappa shape index (κ2) is 7.98. The Kier molecular flexibility index (Phi) is 5.75. The van der Waals surface area contributed by atoms with Crippen molar-refractivity contribution in [1.29, 1.82) is 0 Å². The Morgan fingerprint density at radius 2 is 1.75 bits per heavy atom. The Labute approximate surface area is 142 Å². The zero-order chi connectivity index (χ0) is 17.5. The fraction of sp³-hybridized carbons (Fsp3) is 0.200. The third-order valence-electron chi connectivity index (χ3n) is 3.64. The molecule has 122 valence electrons. The molecule has 0 atom stereocenters. The van der Waals surface area contributed by atoms with Crippen molar-refractivity contribution in [3.63, 3.8) is 0 Å². The second-order valence-electron chi connectivity index (χ2n) is 5.57. The van der Waals surface area contributed by atoms with Crippen LogP contribution in [0.5, 0.6) is 0 Å². The van der Waals surface area contributed by atoms with Crippen LogP contribution in [-0.4, -0.2) is 18.2 Å². The van der Waals surface area contributed by atoms with Gasteiger partial charge in [-0.25, -0.2) is 0 Å². The van der Waals surface area contributed by atoms with E-state index in [1.807, 2.05) is 49.4 Å². The molecule has 4 nitrogen and oxygen atoms in total. The lowest BCUT2D eigenvalue weighted by molar-refractivity contribution is -0.117. The number of carbonyl (C=O) groups is 2. The first-order valence-electron chi connectivity index (χ1n) is 7.68. The summed E-state index contributed by atoms with van der Waals surface area (Å²) in [5, 5.41) is 5.91. The minimum Gasteiger partial charge on any atom is -0.378 e. The number of anilines is 2. The predicted molar refractivity (Wildman–Crippen MR) is 97.1 cm³/mol. The summed E-state index contributed by atoms with van der Waals surface area (Å²) in [4.78, 5) is 23.3. The molecule has 24 heavy (non-hydrogen) atoms. The van der Waals surface area contributed by atoms with Gasteiger partial charge in [-0.3, -0.25) is 9.59 Å². The smallest absolute Gasteiger partial charge is 0.221 e. The summed E-state index contributed by atoms with van der Waals surface area (Å²) in [5.74, 6) is 2.51. The molecule has 0 aliphatic heterocycles. The van der Waals surface area contributed by atoms with E-state index < -0.39 is 0 Å². The number of terminal acetylenes is 1. The van der Waals surface area contributed by atoms with Gasteiger partial charge in [0.05, 0.1) is 6.54 Å². The van der Waals surface area contributed by atoms with Crippen LogP contribution in [0.25, 0.3) is 0 Å². The maximum absolute atomic E-state index is 12.1. The molecule has 0 bridgehead atoms. The van der Waals surface area contributed by atoms with Crippen LogP contribution < -0.4 is 10.6 Å². The van der Waals surface area contributed by atoms with Gasteiger partial charge in [-0.1, -0.05) is 24.1 Å². The molecular formula is C20H20N2O2. The number of Topliss-reactive ketones (excluding diaryl/α,β-unsaturated/α-hetero) is 1. The van der Waals surface area contributed by atoms with Gasteiger partial charge in [0.25, 0.3) is 0 Å². The van der Waals surface area contributed by atoms with Gasteiger partial charge in [0, 0.05) is 30.3 Å². The van der Waals surface area contributed by atoms with Gasteiger partial charge in [-0.2, -0.15) is 0 Å². The lowest BCUT2D eigenvalue weighted by Crippen LogP contribution is -2.17. The number of rotatable bonds is 6. The van der Waals surface area contributed by atoms with Crippen LogP contribution in [0.4, 0.5) is 11.4 Å². The fourth-order valence-corrected chi connectivity index (χ4v) is 2.36. The molecule has 0 saturated heterocycles. The summed E-state index contributed by atoms with van der Waals surface area (Å²) in [6.45, 7) is 3.59. The van der Waals surface area contributed by atoms with Gasteiger partial charge >= 0.3 is 0 Å². The Bertz CT molecular complexity index is 786. The van der Waals surface area contributed by atoms with E-state index in [1.165, 1.54) is 6.92 Å². The maximum Gasteiger partial charge on any atom is 0.221 e. The number of amides is 1. The van der Waals surface area contributed by atoms with E-state index in [9.17, 15) is 9.59 Å². The van der Waals surface area contributed by atoms with E-state index >= 15 is 0 Å². The standard InChI is InChI=1S/C20H20N2O2/c1-4-16-8-10-17(11-9-16)12-18(24)13-21-19-6-5-7-20(14(19)2)22-15(3)23/h1,5-11,21H,12-13H2,2-3H3,(H,22,23). The molecule has 0 spiro atoms. The Hall–Kier alpha value is -3.06. The first-order valence-corrected chi connectivity index (χ1v) is 7.68. The van der Waals surface area contributed by atoms with Gasteiger partial charge in [0.1, 0.15) is 0 Å². The lowest BCUT2D eigenvalue weighted by atomic mass is 10.1. The van der Waals surface area contributed by atoms with Crippen molar-refractivity contribution in [2.75, 3.05) is 17.2 Å². The Morgan fingerprint density at radius 1 is 1.08 bits per heavy atom. The zero-order valence-electron chi connectivity index (χ0n) is 13.8. The van der Waals surface area contributed by atoms with E-state index in [0.29, 0.717) is 6.42 Å². The Balaban J connectivity index is 1.96. The van der Waals surface area contributed by atoms with Gasteiger partial charge in [-0.15, -0.1) is 6.42 Å². The van der Waals surface area contributed by atoms with Crippen LogP contribution in [0.3, 0.4) is 0 Å². The zero-order valence-corrected chi connectivity index (χ0v) is 13.8. The van der Waals surface area contributed by atoms with Gasteiger partial charge < -0.3 is 10.6 Å². The molecule has 4 heteroatoms. The highest BCUT2D eigenvalue weighted by Crippen LogP contribution is 2.23. The fourth-order valence-electron chi connectivity index (χ4n) is 2.36. The summed E-state index contributed by atoms with van der Waals surface area (Å²) < 4.78 is 0. The molecule has 2 rings (SSSR count). The summed E-state index contributed by atoms with van der Waals surface area (Å²) in [6, 6.07) is 13.0. The average Bonchev–Trinajstić information content (AvgIpc) is 2.56. The van der Waals surface area contributed by atoms with Crippen LogP contribution in [-0.2, 0) is 16.0 Å². The van der Waals surface area contributed by atoms with Crippen molar-refractivity contribution >= 4 is 23.1 Å². The summed E-state index contributed by atoms with van der Waals surface area (Å²) in [5.41, 5.74) is 4.21. The molecule has 2 aromatic carbocycles. The number of benzene rings is 2. The normalized spacial score (nSPS) is 9.88. The molecule has 0 saturated carbocycles. The van der Waals surface area contributed by atoms with Crippen molar-refractivity contribution in [3.05, 3.63) is 59.2 Å². The SMILES string of the molecule is C#Cc1ccc(CC(=O)CNc2cccc(NC(C)=O)c2C)cc1. The minimum atomic E-state index is -0.123. The van der Waals surface area contributed by atoms with E-state index in [4.69, 9.17) is 6.42 Å². The van der Waals surface area contributed by atoms with Crippen LogP contribution in [0.2, 0.25) is 0 Å². The van der Waals surface area contributed by atoms with Crippen LogP contribution in [0.15, 0.2) is 42.5 Å². The number of nitrogens with one attached hydrogen (secondary N) is 2.